The monoisotopic (exact) mass is 291 g/mol. The van der Waals surface area contributed by atoms with E-state index >= 15 is 0 Å². The molecule has 21 heavy (non-hydrogen) atoms. The summed E-state index contributed by atoms with van der Waals surface area (Å²) < 4.78 is 5.39. The predicted molar refractivity (Wildman–Crippen MR) is 80.3 cm³/mol. The van der Waals surface area contributed by atoms with Crippen molar-refractivity contribution in [1.82, 2.24) is 10.6 Å². The van der Waals surface area contributed by atoms with Crippen molar-refractivity contribution >= 4 is 17.5 Å². The summed E-state index contributed by atoms with van der Waals surface area (Å²) in [7, 11) is 1.56. The third kappa shape index (κ3) is 4.66. The fourth-order valence-corrected chi connectivity index (χ4v) is 2.17. The molecule has 1 atom stereocenters. The topological polar surface area (TPSA) is 79.5 Å². The Morgan fingerprint density at radius 3 is 3.10 bits per heavy atom. The van der Waals surface area contributed by atoms with Crippen LogP contribution in [0.2, 0.25) is 0 Å². The highest BCUT2D eigenvalue weighted by atomic mass is 16.5. The van der Waals surface area contributed by atoms with Gasteiger partial charge in [-0.2, -0.15) is 0 Å². The summed E-state index contributed by atoms with van der Waals surface area (Å²) in [4.78, 5) is 23.1. The van der Waals surface area contributed by atoms with Gasteiger partial charge in [-0.15, -0.1) is 0 Å². The molecule has 0 radical (unpaired) electrons. The first-order chi connectivity index (χ1) is 10.2. The third-order valence-corrected chi connectivity index (χ3v) is 3.36. The number of rotatable bonds is 5. The van der Waals surface area contributed by atoms with E-state index in [4.69, 9.17) is 4.74 Å². The Kier molecular flexibility index (Phi) is 5.43. The molecule has 6 nitrogen and oxygen atoms in total. The van der Waals surface area contributed by atoms with E-state index in [1.165, 1.54) is 0 Å². The maximum atomic E-state index is 11.9. The van der Waals surface area contributed by atoms with Crippen LogP contribution < -0.4 is 20.7 Å². The minimum absolute atomic E-state index is 0.0239. The highest BCUT2D eigenvalue weighted by Gasteiger charge is 2.20. The second kappa shape index (κ2) is 7.52. The summed E-state index contributed by atoms with van der Waals surface area (Å²) in [5.74, 6) is 0.443. The lowest BCUT2D eigenvalue weighted by atomic mass is 10.1. The fourth-order valence-electron chi connectivity index (χ4n) is 2.17. The molecule has 0 bridgehead atoms. The average Bonchev–Trinajstić information content (AvgIpc) is 2.70. The van der Waals surface area contributed by atoms with Crippen LogP contribution in [-0.2, 0) is 9.59 Å². The molecular weight excluding hydrogens is 270 g/mol. The van der Waals surface area contributed by atoms with Gasteiger partial charge < -0.3 is 20.7 Å². The second-order valence-electron chi connectivity index (χ2n) is 4.97. The Bertz CT molecular complexity index is 505. The standard InChI is InChI=1S/C15H21N3O3/c1-16-14(19)10-21-12-6-4-5-11(9-12)18-13-7-2-3-8-17-15(13)20/h4-6,9,13,18H,2-3,7-8,10H2,1H3,(H,16,19)(H,17,20). The van der Waals surface area contributed by atoms with Gasteiger partial charge >= 0.3 is 0 Å². The van der Waals surface area contributed by atoms with Gasteiger partial charge in [0.1, 0.15) is 11.8 Å². The van der Waals surface area contributed by atoms with E-state index in [1.54, 1.807) is 19.2 Å². The number of nitrogens with one attached hydrogen (secondary N) is 3. The average molecular weight is 291 g/mol. The lowest BCUT2D eigenvalue weighted by molar-refractivity contribution is -0.122. The Morgan fingerprint density at radius 2 is 2.29 bits per heavy atom. The Hall–Kier alpha value is -2.24. The molecule has 0 spiro atoms. The number of likely N-dealkylation sites (N-methyl/N-ethyl adjacent to an activating group) is 1. The van der Waals surface area contributed by atoms with Gasteiger partial charge in [-0.3, -0.25) is 9.59 Å². The molecule has 3 N–H and O–H groups in total. The summed E-state index contributed by atoms with van der Waals surface area (Å²) in [6, 6.07) is 7.06. The third-order valence-electron chi connectivity index (χ3n) is 3.36. The number of amides is 2. The van der Waals surface area contributed by atoms with E-state index in [0.717, 1.165) is 31.5 Å². The molecular formula is C15H21N3O3. The molecule has 2 rings (SSSR count). The van der Waals surface area contributed by atoms with Crippen LogP contribution in [0.4, 0.5) is 5.69 Å². The molecule has 0 aliphatic carbocycles. The molecule has 6 heteroatoms. The van der Waals surface area contributed by atoms with Crippen LogP contribution in [0.1, 0.15) is 19.3 Å². The molecule has 1 aromatic rings. The van der Waals surface area contributed by atoms with Crippen molar-refractivity contribution in [3.05, 3.63) is 24.3 Å². The van der Waals surface area contributed by atoms with Crippen LogP contribution in [-0.4, -0.2) is 38.1 Å². The molecule has 1 unspecified atom stereocenters. The van der Waals surface area contributed by atoms with E-state index in [9.17, 15) is 9.59 Å². The molecule has 2 amide bonds. The van der Waals surface area contributed by atoms with Gasteiger partial charge in [0.25, 0.3) is 5.91 Å². The molecule has 1 heterocycles. The van der Waals surface area contributed by atoms with Crippen LogP contribution in [0.15, 0.2) is 24.3 Å². The van der Waals surface area contributed by atoms with Crippen LogP contribution in [0.3, 0.4) is 0 Å². The van der Waals surface area contributed by atoms with Crippen molar-refractivity contribution in [3.8, 4) is 5.75 Å². The van der Waals surface area contributed by atoms with Crippen molar-refractivity contribution in [2.75, 3.05) is 25.5 Å². The second-order valence-corrected chi connectivity index (χ2v) is 4.97. The quantitative estimate of drug-likeness (QED) is 0.753. The van der Waals surface area contributed by atoms with Gasteiger partial charge in [-0.25, -0.2) is 0 Å². The molecule has 1 aliphatic heterocycles. The van der Waals surface area contributed by atoms with Crippen molar-refractivity contribution < 1.29 is 14.3 Å². The zero-order valence-electron chi connectivity index (χ0n) is 12.1. The summed E-state index contributed by atoms with van der Waals surface area (Å²) >= 11 is 0. The smallest absolute Gasteiger partial charge is 0.257 e. The van der Waals surface area contributed by atoms with Gasteiger partial charge in [0.05, 0.1) is 0 Å². The van der Waals surface area contributed by atoms with Crippen LogP contribution in [0.5, 0.6) is 5.75 Å². The normalized spacial score (nSPS) is 18.3. The SMILES string of the molecule is CNC(=O)COc1cccc(NC2CCCCNC2=O)c1. The van der Waals surface area contributed by atoms with Gasteiger partial charge in [0, 0.05) is 25.3 Å². The molecule has 1 aliphatic rings. The lowest BCUT2D eigenvalue weighted by Gasteiger charge is -2.17. The molecule has 0 saturated carbocycles. The number of hydrogen-bond acceptors (Lipinski definition) is 4. The maximum Gasteiger partial charge on any atom is 0.257 e. The van der Waals surface area contributed by atoms with Gasteiger partial charge in [0.15, 0.2) is 6.61 Å². The number of hydrogen-bond donors (Lipinski definition) is 3. The van der Waals surface area contributed by atoms with Crippen LogP contribution in [0.25, 0.3) is 0 Å². The molecule has 1 saturated heterocycles. The zero-order chi connectivity index (χ0) is 15.1. The van der Waals surface area contributed by atoms with Crippen LogP contribution >= 0.6 is 0 Å². The van der Waals surface area contributed by atoms with Crippen molar-refractivity contribution in [2.45, 2.75) is 25.3 Å². The molecule has 114 valence electrons. The molecule has 0 aromatic heterocycles. The van der Waals surface area contributed by atoms with E-state index in [1.807, 2.05) is 12.1 Å². The highest BCUT2D eigenvalue weighted by molar-refractivity contribution is 5.84. The molecule has 1 aromatic carbocycles. The van der Waals surface area contributed by atoms with E-state index < -0.39 is 0 Å². The zero-order valence-corrected chi connectivity index (χ0v) is 12.1. The first-order valence-corrected chi connectivity index (χ1v) is 7.17. The summed E-state index contributed by atoms with van der Waals surface area (Å²) in [5, 5.41) is 8.61. The van der Waals surface area contributed by atoms with Crippen LogP contribution in [0, 0.1) is 0 Å². The number of carbonyl (C=O) groups excluding carboxylic acids is 2. The highest BCUT2D eigenvalue weighted by Crippen LogP contribution is 2.19. The molecule has 1 fully saturated rings. The van der Waals surface area contributed by atoms with Crippen molar-refractivity contribution in [3.63, 3.8) is 0 Å². The fraction of sp³-hybridized carbons (Fsp3) is 0.467. The van der Waals surface area contributed by atoms with E-state index in [0.29, 0.717) is 5.75 Å². The first kappa shape index (κ1) is 15.2. The lowest BCUT2D eigenvalue weighted by Crippen LogP contribution is -2.37. The maximum absolute atomic E-state index is 11.9. The first-order valence-electron chi connectivity index (χ1n) is 7.17. The Morgan fingerprint density at radius 1 is 1.43 bits per heavy atom. The largest absolute Gasteiger partial charge is 0.484 e. The summed E-state index contributed by atoms with van der Waals surface area (Å²) in [6.45, 7) is 0.718. The summed E-state index contributed by atoms with van der Waals surface area (Å²) in [5.41, 5.74) is 0.812. The minimum atomic E-state index is -0.221. The van der Waals surface area contributed by atoms with E-state index in [-0.39, 0.29) is 24.5 Å². The van der Waals surface area contributed by atoms with Crippen molar-refractivity contribution in [2.24, 2.45) is 0 Å². The van der Waals surface area contributed by atoms with E-state index in [2.05, 4.69) is 16.0 Å². The number of carbonyl (C=O) groups is 2. The minimum Gasteiger partial charge on any atom is -0.484 e. The van der Waals surface area contributed by atoms with Crippen molar-refractivity contribution in [1.29, 1.82) is 0 Å². The van der Waals surface area contributed by atoms with Gasteiger partial charge in [-0.05, 0) is 31.4 Å². The Balaban J connectivity index is 1.96. The Labute approximate surface area is 124 Å². The van der Waals surface area contributed by atoms with Gasteiger partial charge in [0.2, 0.25) is 5.91 Å². The summed E-state index contributed by atoms with van der Waals surface area (Å²) in [6.07, 6.45) is 2.84. The number of ether oxygens (including phenoxy) is 1. The number of anilines is 1. The number of benzene rings is 1. The van der Waals surface area contributed by atoms with Gasteiger partial charge in [-0.1, -0.05) is 6.07 Å². The predicted octanol–water partition coefficient (Wildman–Crippen LogP) is 0.892.